The molecule has 1 fully saturated rings. The van der Waals surface area contributed by atoms with Crippen molar-refractivity contribution < 1.29 is 0 Å². The molecule has 1 saturated heterocycles. The summed E-state index contributed by atoms with van der Waals surface area (Å²) in [6.45, 7) is 4.28. The highest BCUT2D eigenvalue weighted by Crippen LogP contribution is 2.28. The second kappa shape index (κ2) is 7.89. The molecule has 3 heterocycles. The number of nitrogens with zero attached hydrogens (tertiary/aromatic N) is 7. The number of likely N-dealkylation sites (N-methyl/N-ethyl adjacent to an activating group) is 1. The fraction of sp³-hybridized carbons (Fsp3) is 0.333. The number of nitrogens with one attached hydrogen (secondary N) is 1. The van der Waals surface area contributed by atoms with Crippen molar-refractivity contribution in [2.45, 2.75) is 19.4 Å². The van der Waals surface area contributed by atoms with Crippen molar-refractivity contribution in [3.63, 3.8) is 0 Å². The van der Waals surface area contributed by atoms with Crippen LogP contribution in [0, 0.1) is 18.3 Å². The van der Waals surface area contributed by atoms with Gasteiger partial charge < -0.3 is 19.7 Å². The lowest BCUT2D eigenvalue weighted by atomic mass is 10.1. The Morgan fingerprint density at radius 3 is 2.72 bits per heavy atom. The van der Waals surface area contributed by atoms with Gasteiger partial charge in [0.25, 0.3) is 0 Å². The number of hydrogen-bond donors (Lipinski definition) is 1. The van der Waals surface area contributed by atoms with Crippen molar-refractivity contribution in [3.8, 4) is 11.8 Å². The Hall–Kier alpha value is -3.44. The van der Waals surface area contributed by atoms with E-state index in [2.05, 4.69) is 69.3 Å². The molecule has 8 nitrogen and oxygen atoms in total. The minimum absolute atomic E-state index is 0.284. The quantitative estimate of drug-likeness (QED) is 0.719. The van der Waals surface area contributed by atoms with Crippen molar-refractivity contribution in [1.29, 1.82) is 5.26 Å². The zero-order chi connectivity index (χ0) is 20.4. The summed E-state index contributed by atoms with van der Waals surface area (Å²) in [7, 11) is 4.30. The molecule has 0 aliphatic carbocycles. The smallest absolute Gasteiger partial charge is 0.158 e. The first-order valence-corrected chi connectivity index (χ1v) is 9.59. The maximum Gasteiger partial charge on any atom is 0.158 e. The van der Waals surface area contributed by atoms with Gasteiger partial charge in [0, 0.05) is 30.5 Å². The molecular formula is C21H24N8. The third-order valence-electron chi connectivity index (χ3n) is 5.33. The van der Waals surface area contributed by atoms with Crippen LogP contribution in [0.4, 0.5) is 17.3 Å². The van der Waals surface area contributed by atoms with E-state index in [1.807, 2.05) is 16.8 Å². The summed E-state index contributed by atoms with van der Waals surface area (Å²) >= 11 is 0. The predicted octanol–water partition coefficient (Wildman–Crippen LogP) is 2.73. The maximum absolute atomic E-state index is 8.82. The maximum atomic E-state index is 8.82. The third kappa shape index (κ3) is 4.05. The molecule has 3 aromatic rings. The highest BCUT2D eigenvalue weighted by Gasteiger charge is 2.25. The molecule has 29 heavy (non-hydrogen) atoms. The van der Waals surface area contributed by atoms with Crippen LogP contribution in [0.2, 0.25) is 0 Å². The van der Waals surface area contributed by atoms with Crippen LogP contribution in [0.5, 0.6) is 0 Å². The van der Waals surface area contributed by atoms with Gasteiger partial charge in [-0.3, -0.25) is 0 Å². The van der Waals surface area contributed by atoms with Gasteiger partial charge >= 0.3 is 0 Å². The van der Waals surface area contributed by atoms with Crippen LogP contribution in [0.3, 0.4) is 0 Å². The molecule has 1 atom stereocenters. The molecule has 1 aromatic carbocycles. The van der Waals surface area contributed by atoms with E-state index in [1.165, 1.54) is 30.1 Å². The molecule has 148 valence electrons. The van der Waals surface area contributed by atoms with Crippen LogP contribution in [-0.4, -0.2) is 57.6 Å². The van der Waals surface area contributed by atoms with Gasteiger partial charge in [0.1, 0.15) is 24.0 Å². The summed E-state index contributed by atoms with van der Waals surface area (Å²) in [6, 6.07) is 9.04. The number of anilines is 3. The normalized spacial score (nSPS) is 16.2. The van der Waals surface area contributed by atoms with E-state index in [9.17, 15) is 0 Å². The minimum atomic E-state index is 0.284. The molecule has 2 aromatic heterocycles. The molecule has 8 heteroatoms. The van der Waals surface area contributed by atoms with Gasteiger partial charge in [-0.25, -0.2) is 15.0 Å². The van der Waals surface area contributed by atoms with Crippen LogP contribution >= 0.6 is 0 Å². The van der Waals surface area contributed by atoms with Gasteiger partial charge in [-0.05, 0) is 45.1 Å². The lowest BCUT2D eigenvalue weighted by Crippen LogP contribution is -2.31. The lowest BCUT2D eigenvalue weighted by molar-refractivity contribution is 0.315. The number of imidazole rings is 1. The van der Waals surface area contributed by atoms with Gasteiger partial charge in [-0.15, -0.1) is 0 Å². The Balaban J connectivity index is 1.52. The van der Waals surface area contributed by atoms with Crippen molar-refractivity contribution in [3.05, 3.63) is 54.4 Å². The van der Waals surface area contributed by atoms with E-state index in [0.29, 0.717) is 17.7 Å². The van der Waals surface area contributed by atoms with Crippen LogP contribution in [0.1, 0.15) is 17.7 Å². The first-order chi connectivity index (χ1) is 14.0. The summed E-state index contributed by atoms with van der Waals surface area (Å²) in [6.07, 6.45) is 7.83. The van der Waals surface area contributed by atoms with Gasteiger partial charge in [-0.2, -0.15) is 5.26 Å². The SMILES string of the molecule is Cc1ccc(-n2cnc(Nc3cnc(C#N)cn3)c2)cc1N1CC[C@@H](N(C)C)C1. The van der Waals surface area contributed by atoms with E-state index >= 15 is 0 Å². The minimum Gasteiger partial charge on any atom is -0.370 e. The van der Waals surface area contributed by atoms with Gasteiger partial charge in [0.05, 0.1) is 18.6 Å². The van der Waals surface area contributed by atoms with Crippen LogP contribution in [0.25, 0.3) is 5.69 Å². The molecule has 0 amide bonds. The highest BCUT2D eigenvalue weighted by atomic mass is 15.2. The van der Waals surface area contributed by atoms with Crippen LogP contribution in [0.15, 0.2) is 43.1 Å². The fourth-order valence-corrected chi connectivity index (χ4v) is 3.59. The van der Waals surface area contributed by atoms with Crippen LogP contribution in [-0.2, 0) is 0 Å². The largest absolute Gasteiger partial charge is 0.370 e. The van der Waals surface area contributed by atoms with Gasteiger partial charge in [0.2, 0.25) is 0 Å². The molecular weight excluding hydrogens is 364 g/mol. The number of hydrogen-bond acceptors (Lipinski definition) is 7. The van der Waals surface area contributed by atoms with Crippen molar-refractivity contribution in [2.24, 2.45) is 0 Å². The standard InChI is InChI=1S/C21H24N8/c1-15-4-5-17(8-19(15)28-7-6-18(12-28)27(2)3)29-13-21(25-14-29)26-20-11-23-16(9-22)10-24-20/h4-5,8,10-11,13-14,18H,6-7,12H2,1-3H3,(H,24,26)/t18-/m1/s1. The number of nitriles is 1. The first kappa shape index (κ1) is 18.9. The summed E-state index contributed by atoms with van der Waals surface area (Å²) in [5.74, 6) is 1.21. The summed E-state index contributed by atoms with van der Waals surface area (Å²) in [5.41, 5.74) is 3.89. The number of rotatable bonds is 5. The zero-order valence-corrected chi connectivity index (χ0v) is 16.9. The van der Waals surface area contributed by atoms with E-state index in [0.717, 1.165) is 18.8 Å². The second-order valence-corrected chi connectivity index (χ2v) is 7.51. The Morgan fingerprint density at radius 2 is 2.03 bits per heavy atom. The molecule has 1 aliphatic rings. The molecule has 0 radical (unpaired) electrons. The Bertz CT molecular complexity index is 1030. The lowest BCUT2D eigenvalue weighted by Gasteiger charge is -2.24. The Kier molecular flexibility index (Phi) is 5.14. The molecule has 0 saturated carbocycles. The average molecular weight is 388 g/mol. The molecule has 4 rings (SSSR count). The Morgan fingerprint density at radius 1 is 1.17 bits per heavy atom. The summed E-state index contributed by atoms with van der Waals surface area (Å²) < 4.78 is 1.99. The monoisotopic (exact) mass is 388 g/mol. The predicted molar refractivity (Wildman–Crippen MR) is 113 cm³/mol. The molecule has 0 bridgehead atoms. The number of benzene rings is 1. The fourth-order valence-electron chi connectivity index (χ4n) is 3.59. The summed E-state index contributed by atoms with van der Waals surface area (Å²) in [4.78, 5) is 17.4. The van der Waals surface area contributed by atoms with E-state index in [-0.39, 0.29) is 5.69 Å². The van der Waals surface area contributed by atoms with Crippen molar-refractivity contribution in [2.75, 3.05) is 37.4 Å². The highest BCUT2D eigenvalue weighted by molar-refractivity contribution is 5.60. The van der Waals surface area contributed by atoms with E-state index < -0.39 is 0 Å². The molecule has 0 unspecified atom stereocenters. The molecule has 1 N–H and O–H groups in total. The number of aryl methyl sites for hydroxylation is 1. The zero-order valence-electron chi connectivity index (χ0n) is 16.9. The topological polar surface area (TPSA) is 85.9 Å². The van der Waals surface area contributed by atoms with Crippen molar-refractivity contribution >= 4 is 17.3 Å². The van der Waals surface area contributed by atoms with Gasteiger partial charge in [0.15, 0.2) is 5.69 Å². The number of aromatic nitrogens is 4. The van der Waals surface area contributed by atoms with Crippen LogP contribution < -0.4 is 10.2 Å². The second-order valence-electron chi connectivity index (χ2n) is 7.51. The van der Waals surface area contributed by atoms with E-state index in [1.54, 1.807) is 6.33 Å². The Labute approximate surface area is 170 Å². The van der Waals surface area contributed by atoms with Gasteiger partial charge in [-0.1, -0.05) is 6.07 Å². The molecule has 0 spiro atoms. The van der Waals surface area contributed by atoms with Crippen molar-refractivity contribution in [1.82, 2.24) is 24.4 Å². The van der Waals surface area contributed by atoms with E-state index in [4.69, 9.17) is 5.26 Å². The first-order valence-electron chi connectivity index (χ1n) is 9.59. The third-order valence-corrected chi connectivity index (χ3v) is 5.33. The molecule has 1 aliphatic heterocycles. The summed E-state index contributed by atoms with van der Waals surface area (Å²) in [5, 5.41) is 11.9. The average Bonchev–Trinajstić information content (AvgIpc) is 3.39.